The molecule has 1 aliphatic carbocycles. The second-order valence-corrected chi connectivity index (χ2v) is 6.54. The monoisotopic (exact) mass is 547 g/mol. The molecule has 1 unspecified atom stereocenters. The van der Waals surface area contributed by atoms with E-state index >= 15 is 0 Å². The SMILES string of the molecule is CN/C([S-])=N/N=C(N)C1=CC=CC[N-]1.C[NH+](C)CC1[CH-]CCCC1.[Au+]. The van der Waals surface area contributed by atoms with Crippen molar-refractivity contribution in [1.29, 1.82) is 0 Å². The summed E-state index contributed by atoms with van der Waals surface area (Å²) in [6.45, 7) is 1.96. The number of hydrogen-bond acceptors (Lipinski definition) is 3. The molecule has 2 aliphatic rings. The Kier molecular flexibility index (Phi) is 13.8. The second kappa shape index (κ2) is 14.3. The summed E-state index contributed by atoms with van der Waals surface area (Å²) in [5, 5.41) is 14.5. The Labute approximate surface area is 173 Å². The van der Waals surface area contributed by atoms with E-state index in [4.69, 9.17) is 18.4 Å². The van der Waals surface area contributed by atoms with E-state index in [9.17, 15) is 0 Å². The van der Waals surface area contributed by atoms with Crippen LogP contribution in [0.2, 0.25) is 0 Å². The zero-order valence-corrected chi connectivity index (χ0v) is 18.2. The van der Waals surface area contributed by atoms with Gasteiger partial charge in [-0.05, 0) is 5.17 Å². The first-order valence-corrected chi connectivity index (χ1v) is 8.86. The average molecular weight is 548 g/mol. The predicted octanol–water partition coefficient (Wildman–Crippen LogP) is 0.731. The number of nitrogens with two attached hydrogens (primary N) is 1. The van der Waals surface area contributed by atoms with Gasteiger partial charge in [0.15, 0.2) is 0 Å². The summed E-state index contributed by atoms with van der Waals surface area (Å²) >= 11 is 4.77. The topological polar surface area (TPSA) is 81.3 Å². The molecule has 0 aromatic carbocycles. The summed E-state index contributed by atoms with van der Waals surface area (Å²) < 4.78 is 0. The van der Waals surface area contributed by atoms with Gasteiger partial charge in [-0.25, -0.2) is 0 Å². The van der Waals surface area contributed by atoms with Gasteiger partial charge in [0.05, 0.1) is 20.6 Å². The first-order chi connectivity index (χ1) is 11.5. The molecule has 1 atom stereocenters. The van der Waals surface area contributed by atoms with Crippen LogP contribution in [0.4, 0.5) is 0 Å². The molecule has 0 bridgehead atoms. The number of rotatable bonds is 4. The molecule has 25 heavy (non-hydrogen) atoms. The first-order valence-electron chi connectivity index (χ1n) is 8.46. The standard InChI is InChI=1S/C9H18N.C8H12N5S.Au/c1-10(2)8-9-6-4-3-5-7-9;1-10-8(14)13-12-7(9)6-4-2-3-5-11-6;/h6,9H,3-5,7-8H2,1-2H3;2-4H,5H2,1H3,(H2,9,12)(H2,10,13,14);/q2*-1;+1. The number of quaternary nitrogens is 1. The van der Waals surface area contributed by atoms with E-state index in [1.807, 2.05) is 12.2 Å². The van der Waals surface area contributed by atoms with E-state index in [0.29, 0.717) is 17.4 Å². The molecule has 1 saturated carbocycles. The van der Waals surface area contributed by atoms with Gasteiger partial charge >= 0.3 is 22.4 Å². The molecular weight excluding hydrogens is 517 g/mol. The van der Waals surface area contributed by atoms with Crippen molar-refractivity contribution in [3.63, 3.8) is 0 Å². The maximum atomic E-state index is 5.62. The third-order valence-corrected chi connectivity index (χ3v) is 3.97. The van der Waals surface area contributed by atoms with E-state index in [1.54, 1.807) is 18.0 Å². The molecule has 0 aromatic rings. The number of hydrogen-bond donors (Lipinski definition) is 3. The fourth-order valence-electron chi connectivity index (χ4n) is 2.52. The molecule has 0 saturated heterocycles. The minimum atomic E-state index is 0. The van der Waals surface area contributed by atoms with Gasteiger partial charge in [0.1, 0.15) is 5.84 Å². The number of nitrogens with one attached hydrogen (secondary N) is 2. The summed E-state index contributed by atoms with van der Waals surface area (Å²) in [4.78, 5) is 1.59. The van der Waals surface area contributed by atoms with Gasteiger partial charge in [0.25, 0.3) is 0 Å². The minimum Gasteiger partial charge on any atom is -0.741 e. The molecule has 1 fully saturated rings. The predicted molar refractivity (Wildman–Crippen MR) is 105 cm³/mol. The zero-order valence-electron chi connectivity index (χ0n) is 15.3. The average Bonchev–Trinajstić information content (AvgIpc) is 2.61. The van der Waals surface area contributed by atoms with E-state index < -0.39 is 0 Å². The van der Waals surface area contributed by atoms with Crippen molar-refractivity contribution in [1.82, 2.24) is 5.32 Å². The van der Waals surface area contributed by atoms with Crippen LogP contribution in [0.3, 0.4) is 0 Å². The van der Waals surface area contributed by atoms with Crippen LogP contribution in [0.5, 0.6) is 0 Å². The fourth-order valence-corrected chi connectivity index (χ4v) is 2.56. The Morgan fingerprint density at radius 3 is 2.72 bits per heavy atom. The van der Waals surface area contributed by atoms with Crippen LogP contribution in [0.15, 0.2) is 34.1 Å². The summed E-state index contributed by atoms with van der Waals surface area (Å²) in [6.07, 6.45) is 13.8. The van der Waals surface area contributed by atoms with E-state index in [-0.39, 0.29) is 28.2 Å². The van der Waals surface area contributed by atoms with Gasteiger partial charge in [-0.1, -0.05) is 37.1 Å². The molecule has 4 N–H and O–H groups in total. The molecule has 0 radical (unpaired) electrons. The van der Waals surface area contributed by atoms with Gasteiger partial charge in [0, 0.05) is 7.05 Å². The van der Waals surface area contributed by atoms with Crippen molar-refractivity contribution in [3.05, 3.63) is 35.7 Å². The third kappa shape index (κ3) is 11.4. The largest absolute Gasteiger partial charge is 1.00 e. The van der Waals surface area contributed by atoms with Crippen LogP contribution >= 0.6 is 0 Å². The maximum absolute atomic E-state index is 5.62. The smallest absolute Gasteiger partial charge is 0.741 e. The second-order valence-electron chi connectivity index (χ2n) is 6.15. The van der Waals surface area contributed by atoms with Crippen molar-refractivity contribution in [2.24, 2.45) is 21.9 Å². The molecule has 0 amide bonds. The van der Waals surface area contributed by atoms with E-state index in [2.05, 4.69) is 41.4 Å². The van der Waals surface area contributed by atoms with Crippen LogP contribution in [0.25, 0.3) is 5.32 Å². The number of nitrogens with zero attached hydrogens (tertiary/aromatic N) is 3. The summed E-state index contributed by atoms with van der Waals surface area (Å²) in [6, 6.07) is 0. The Bertz CT molecular complexity index is 482. The molecule has 0 aromatic heterocycles. The van der Waals surface area contributed by atoms with Crippen molar-refractivity contribution in [2.45, 2.75) is 25.7 Å². The van der Waals surface area contributed by atoms with Crippen LogP contribution < -0.4 is 16.0 Å². The Balaban J connectivity index is 0.000000465. The summed E-state index contributed by atoms with van der Waals surface area (Å²) in [7, 11) is 6.15. The summed E-state index contributed by atoms with van der Waals surface area (Å²) in [5.41, 5.74) is 6.26. The molecule has 1 aliphatic heterocycles. The quantitative estimate of drug-likeness (QED) is 0.121. The number of amidine groups is 2. The normalized spacial score (nSPS) is 20.6. The Morgan fingerprint density at radius 1 is 1.44 bits per heavy atom. The van der Waals surface area contributed by atoms with Gasteiger partial charge in [-0.15, -0.1) is 23.6 Å². The Hall–Kier alpha value is -0.860. The van der Waals surface area contributed by atoms with Gasteiger partial charge < -0.3 is 40.3 Å². The van der Waals surface area contributed by atoms with E-state index in [0.717, 1.165) is 5.92 Å². The Morgan fingerprint density at radius 2 is 2.20 bits per heavy atom. The van der Waals surface area contributed by atoms with Gasteiger partial charge in [0.2, 0.25) is 0 Å². The van der Waals surface area contributed by atoms with Crippen LogP contribution in [-0.4, -0.2) is 45.2 Å². The molecule has 146 valence electrons. The van der Waals surface area contributed by atoms with E-state index in [1.165, 1.54) is 32.2 Å². The van der Waals surface area contributed by atoms with Crippen molar-refractivity contribution in [3.8, 4) is 0 Å². The zero-order chi connectivity index (χ0) is 17.8. The maximum Gasteiger partial charge on any atom is 1.00 e. The minimum absolute atomic E-state index is 0. The van der Waals surface area contributed by atoms with Crippen LogP contribution in [0, 0.1) is 12.3 Å². The van der Waals surface area contributed by atoms with Crippen molar-refractivity contribution < 1.29 is 27.3 Å². The van der Waals surface area contributed by atoms with Crippen LogP contribution in [0.1, 0.15) is 25.7 Å². The number of allylic oxidation sites excluding steroid dienone is 2. The van der Waals surface area contributed by atoms with Crippen molar-refractivity contribution >= 4 is 23.6 Å². The van der Waals surface area contributed by atoms with Gasteiger partial charge in [-0.3, -0.25) is 0 Å². The molecule has 1 heterocycles. The molecule has 6 nitrogen and oxygen atoms in total. The fraction of sp³-hybridized carbons (Fsp3) is 0.588. The van der Waals surface area contributed by atoms with Gasteiger partial charge in [-0.2, -0.15) is 11.5 Å². The third-order valence-electron chi connectivity index (χ3n) is 3.68. The molecule has 0 spiro atoms. The van der Waals surface area contributed by atoms with Crippen LogP contribution in [-0.2, 0) is 35.0 Å². The molecule has 2 rings (SSSR count). The van der Waals surface area contributed by atoms with Crippen molar-refractivity contribution in [2.75, 3.05) is 34.2 Å². The molecule has 8 heteroatoms. The first kappa shape index (κ1) is 24.1. The summed E-state index contributed by atoms with van der Waals surface area (Å²) in [5.74, 6) is 1.19. The molecular formula is C17H30AuN6S-.